The molecule has 5 nitrogen and oxygen atoms in total. The molecule has 0 unspecified atom stereocenters. The number of halogens is 1. The van der Waals surface area contributed by atoms with Crippen molar-refractivity contribution in [3.05, 3.63) is 63.7 Å². The van der Waals surface area contributed by atoms with E-state index >= 15 is 0 Å². The van der Waals surface area contributed by atoms with Crippen molar-refractivity contribution in [2.75, 3.05) is 0 Å². The smallest absolute Gasteiger partial charge is 0.335 e. The number of carbonyl (C=O) groups excluding carboxylic acids is 1. The normalized spacial score (nSPS) is 19.7. The molecule has 0 heterocycles. The Labute approximate surface area is 182 Å². The summed E-state index contributed by atoms with van der Waals surface area (Å²) in [5, 5.41) is 12.6. The monoisotopic (exact) mass is 429 g/mol. The van der Waals surface area contributed by atoms with E-state index in [1.807, 2.05) is 6.92 Å². The van der Waals surface area contributed by atoms with Gasteiger partial charge >= 0.3 is 5.97 Å². The highest BCUT2D eigenvalue weighted by Crippen LogP contribution is 2.30. The minimum Gasteiger partial charge on any atom is -0.490 e. The van der Waals surface area contributed by atoms with Crippen LogP contribution in [0.25, 0.3) is 0 Å². The Morgan fingerprint density at radius 3 is 2.43 bits per heavy atom. The molecule has 2 aromatic rings. The molecule has 0 bridgehead atoms. The largest absolute Gasteiger partial charge is 0.490 e. The molecule has 0 aromatic heterocycles. The summed E-state index contributed by atoms with van der Waals surface area (Å²) >= 11 is 6.15. The summed E-state index contributed by atoms with van der Waals surface area (Å²) < 4.78 is 6.17. The second-order valence-electron chi connectivity index (χ2n) is 8.21. The number of aryl methyl sites for hydroxylation is 1. The fraction of sp³-hybridized carbons (Fsp3) is 0.417. The lowest BCUT2D eigenvalue weighted by atomic mass is 9.89. The SMILES string of the molecule is Cc1cc([C@H](C)NC(=O)c2cc(Cl)ccc2OC2CCC(C)CC2)ccc1C(=O)O. The van der Waals surface area contributed by atoms with Gasteiger partial charge < -0.3 is 15.2 Å². The maximum absolute atomic E-state index is 13.0. The van der Waals surface area contributed by atoms with E-state index in [1.165, 1.54) is 0 Å². The van der Waals surface area contributed by atoms with E-state index in [4.69, 9.17) is 16.3 Å². The molecule has 30 heavy (non-hydrogen) atoms. The zero-order valence-electron chi connectivity index (χ0n) is 17.6. The van der Waals surface area contributed by atoms with Gasteiger partial charge in [-0.15, -0.1) is 0 Å². The molecule has 0 radical (unpaired) electrons. The fourth-order valence-electron chi connectivity index (χ4n) is 3.86. The van der Waals surface area contributed by atoms with Gasteiger partial charge in [0.15, 0.2) is 0 Å². The fourth-order valence-corrected chi connectivity index (χ4v) is 4.04. The van der Waals surface area contributed by atoms with Crippen LogP contribution < -0.4 is 10.1 Å². The number of ether oxygens (including phenoxy) is 1. The highest BCUT2D eigenvalue weighted by Gasteiger charge is 2.23. The number of rotatable bonds is 6. The van der Waals surface area contributed by atoms with Crippen molar-refractivity contribution in [1.82, 2.24) is 5.32 Å². The van der Waals surface area contributed by atoms with Gasteiger partial charge in [0.25, 0.3) is 5.91 Å². The molecule has 1 saturated carbocycles. The van der Waals surface area contributed by atoms with E-state index in [0.29, 0.717) is 21.9 Å². The van der Waals surface area contributed by atoms with E-state index in [2.05, 4.69) is 12.2 Å². The predicted octanol–water partition coefficient (Wildman–Crippen LogP) is 5.80. The van der Waals surface area contributed by atoms with Gasteiger partial charge in [-0.3, -0.25) is 4.79 Å². The third kappa shape index (κ3) is 5.33. The number of aromatic carboxylic acids is 1. The summed E-state index contributed by atoms with van der Waals surface area (Å²) in [5.41, 5.74) is 2.15. The van der Waals surface area contributed by atoms with Crippen molar-refractivity contribution in [3.8, 4) is 5.75 Å². The van der Waals surface area contributed by atoms with Gasteiger partial charge in [-0.25, -0.2) is 4.79 Å². The number of amides is 1. The Kier molecular flexibility index (Phi) is 7.03. The van der Waals surface area contributed by atoms with Gasteiger partial charge in [-0.05, 0) is 80.8 Å². The Balaban J connectivity index is 1.75. The average molecular weight is 430 g/mol. The summed E-state index contributed by atoms with van der Waals surface area (Å²) in [6.45, 7) is 5.86. The van der Waals surface area contributed by atoms with Gasteiger partial charge in [0.05, 0.1) is 23.3 Å². The standard InChI is InChI=1S/C24H28ClNO4/c1-14-4-8-19(9-5-14)30-22-11-7-18(25)13-21(22)23(27)26-16(3)17-6-10-20(24(28)29)15(2)12-17/h6-7,10-14,16,19H,4-5,8-9H2,1-3H3,(H,26,27)(H,28,29)/t14?,16-,19?/m0/s1. The first-order valence-corrected chi connectivity index (χ1v) is 10.7. The molecule has 1 aliphatic carbocycles. The van der Waals surface area contributed by atoms with E-state index in [-0.39, 0.29) is 23.6 Å². The number of carboxylic acids is 1. The molecular weight excluding hydrogens is 402 g/mol. The number of hydrogen-bond acceptors (Lipinski definition) is 3. The van der Waals surface area contributed by atoms with Crippen LogP contribution in [0.5, 0.6) is 5.75 Å². The van der Waals surface area contributed by atoms with Gasteiger partial charge in [0.2, 0.25) is 0 Å². The van der Waals surface area contributed by atoms with Crippen molar-refractivity contribution >= 4 is 23.5 Å². The first-order chi connectivity index (χ1) is 14.2. The van der Waals surface area contributed by atoms with Crippen LogP contribution in [0.4, 0.5) is 0 Å². The summed E-state index contributed by atoms with van der Waals surface area (Å²) in [6, 6.07) is 9.88. The highest BCUT2D eigenvalue weighted by atomic mass is 35.5. The summed E-state index contributed by atoms with van der Waals surface area (Å²) in [6.07, 6.45) is 4.33. The Morgan fingerprint density at radius 2 is 1.80 bits per heavy atom. The molecular formula is C24H28ClNO4. The second kappa shape index (κ2) is 9.52. The molecule has 6 heteroatoms. The van der Waals surface area contributed by atoms with Crippen LogP contribution in [0.2, 0.25) is 5.02 Å². The van der Waals surface area contributed by atoms with Crippen molar-refractivity contribution < 1.29 is 19.4 Å². The average Bonchev–Trinajstić information content (AvgIpc) is 2.70. The number of hydrogen-bond donors (Lipinski definition) is 2. The number of carbonyl (C=O) groups is 2. The van der Waals surface area contributed by atoms with Crippen LogP contribution in [0.1, 0.15) is 77.4 Å². The minimum absolute atomic E-state index is 0.109. The molecule has 3 rings (SSSR count). The summed E-state index contributed by atoms with van der Waals surface area (Å²) in [4.78, 5) is 24.2. The minimum atomic E-state index is -0.964. The van der Waals surface area contributed by atoms with Gasteiger partial charge in [0, 0.05) is 5.02 Å². The Bertz CT molecular complexity index is 935. The zero-order chi connectivity index (χ0) is 21.8. The molecule has 1 fully saturated rings. The lowest BCUT2D eigenvalue weighted by molar-refractivity contribution is 0.0695. The topological polar surface area (TPSA) is 75.6 Å². The molecule has 2 aromatic carbocycles. The lowest BCUT2D eigenvalue weighted by Crippen LogP contribution is -2.29. The molecule has 1 atom stereocenters. The van der Waals surface area contributed by atoms with Crippen molar-refractivity contribution in [1.29, 1.82) is 0 Å². The maximum atomic E-state index is 13.0. The predicted molar refractivity (Wildman–Crippen MR) is 118 cm³/mol. The van der Waals surface area contributed by atoms with Gasteiger partial charge in [0.1, 0.15) is 5.75 Å². The number of benzene rings is 2. The van der Waals surface area contributed by atoms with Crippen LogP contribution >= 0.6 is 11.6 Å². The summed E-state index contributed by atoms with van der Waals surface area (Å²) in [7, 11) is 0. The van der Waals surface area contributed by atoms with Crippen LogP contribution in [-0.4, -0.2) is 23.1 Å². The van der Waals surface area contributed by atoms with E-state index in [1.54, 1.807) is 43.3 Å². The molecule has 0 spiro atoms. The zero-order valence-corrected chi connectivity index (χ0v) is 18.3. The Morgan fingerprint density at radius 1 is 1.10 bits per heavy atom. The molecule has 0 saturated heterocycles. The summed E-state index contributed by atoms with van der Waals surface area (Å²) in [5.74, 6) is 0.0217. The molecule has 2 N–H and O–H groups in total. The van der Waals surface area contributed by atoms with Crippen molar-refractivity contribution in [2.45, 2.75) is 58.6 Å². The maximum Gasteiger partial charge on any atom is 0.335 e. The first kappa shape index (κ1) is 22.2. The molecule has 0 aliphatic heterocycles. The molecule has 1 amide bonds. The van der Waals surface area contributed by atoms with E-state index < -0.39 is 5.97 Å². The molecule has 160 valence electrons. The number of nitrogens with one attached hydrogen (secondary N) is 1. The van der Waals surface area contributed by atoms with E-state index in [0.717, 1.165) is 37.2 Å². The van der Waals surface area contributed by atoms with Gasteiger partial charge in [-0.2, -0.15) is 0 Å². The first-order valence-electron chi connectivity index (χ1n) is 10.4. The lowest BCUT2D eigenvalue weighted by Gasteiger charge is -2.27. The quantitative estimate of drug-likeness (QED) is 0.608. The van der Waals surface area contributed by atoms with Crippen LogP contribution in [0.15, 0.2) is 36.4 Å². The van der Waals surface area contributed by atoms with Crippen molar-refractivity contribution in [2.24, 2.45) is 5.92 Å². The van der Waals surface area contributed by atoms with Crippen LogP contribution in [0.3, 0.4) is 0 Å². The van der Waals surface area contributed by atoms with Gasteiger partial charge in [-0.1, -0.05) is 30.7 Å². The second-order valence-corrected chi connectivity index (χ2v) is 8.65. The highest BCUT2D eigenvalue weighted by molar-refractivity contribution is 6.31. The van der Waals surface area contributed by atoms with E-state index in [9.17, 15) is 14.7 Å². The third-order valence-corrected chi connectivity index (χ3v) is 6.01. The Hall–Kier alpha value is -2.53. The van der Waals surface area contributed by atoms with Crippen LogP contribution in [-0.2, 0) is 0 Å². The molecule has 1 aliphatic rings. The van der Waals surface area contributed by atoms with Crippen LogP contribution in [0, 0.1) is 12.8 Å². The number of carboxylic acid groups (broad SMARTS) is 1. The van der Waals surface area contributed by atoms with Crippen molar-refractivity contribution in [3.63, 3.8) is 0 Å². The third-order valence-electron chi connectivity index (χ3n) is 5.77.